The van der Waals surface area contributed by atoms with E-state index in [4.69, 9.17) is 5.11 Å². The minimum Gasteiger partial charge on any atom is -0.395 e. The number of rotatable bonds is 6. The maximum atomic E-state index is 10.1. The van der Waals surface area contributed by atoms with Crippen molar-refractivity contribution in [2.75, 3.05) is 13.2 Å². The number of pyridine rings is 1. The molecule has 0 aliphatic heterocycles. The number of aromatic nitrogens is 2. The summed E-state index contributed by atoms with van der Waals surface area (Å²) in [6.45, 7) is 6.39. The van der Waals surface area contributed by atoms with Crippen LogP contribution in [0.3, 0.4) is 0 Å². The maximum Gasteiger partial charge on any atom is 0.136 e. The van der Waals surface area contributed by atoms with Crippen LogP contribution in [0.25, 0.3) is 5.82 Å². The zero-order valence-electron chi connectivity index (χ0n) is 12.7. The Balaban J connectivity index is 2.08. The van der Waals surface area contributed by atoms with E-state index in [2.05, 4.69) is 27.0 Å². The van der Waals surface area contributed by atoms with Crippen molar-refractivity contribution in [2.24, 2.45) is 0 Å². The Bertz CT molecular complexity index is 558. The second-order valence-electron chi connectivity index (χ2n) is 5.41. The largest absolute Gasteiger partial charge is 0.395 e. The molecule has 0 spiro atoms. The molecule has 0 unspecified atom stereocenters. The molecule has 0 aliphatic rings. The van der Waals surface area contributed by atoms with Crippen molar-refractivity contribution in [3.05, 3.63) is 47.4 Å². The minimum atomic E-state index is -0.632. The molecular weight excluding hydrogens is 266 g/mol. The van der Waals surface area contributed by atoms with Crippen LogP contribution >= 0.6 is 0 Å². The lowest BCUT2D eigenvalue weighted by Crippen LogP contribution is -2.32. The van der Waals surface area contributed by atoms with Crippen molar-refractivity contribution >= 4 is 0 Å². The van der Waals surface area contributed by atoms with Crippen LogP contribution < -0.4 is 5.32 Å². The molecule has 0 radical (unpaired) electrons. The quantitative estimate of drug-likeness (QED) is 0.753. The van der Waals surface area contributed by atoms with E-state index in [0.29, 0.717) is 6.54 Å². The van der Waals surface area contributed by atoms with E-state index in [0.717, 1.165) is 22.8 Å². The van der Waals surface area contributed by atoms with Crippen molar-refractivity contribution in [2.45, 2.75) is 32.9 Å². The molecule has 114 valence electrons. The molecule has 21 heavy (non-hydrogen) atoms. The van der Waals surface area contributed by atoms with Gasteiger partial charge in [-0.05, 0) is 39.0 Å². The van der Waals surface area contributed by atoms with E-state index >= 15 is 0 Å². The Morgan fingerprint density at radius 1 is 1.19 bits per heavy atom. The molecule has 0 fully saturated rings. The summed E-state index contributed by atoms with van der Waals surface area (Å²) >= 11 is 0. The molecule has 3 N–H and O–H groups in total. The van der Waals surface area contributed by atoms with Crippen LogP contribution in [0.1, 0.15) is 30.0 Å². The van der Waals surface area contributed by atoms with Crippen molar-refractivity contribution in [1.82, 2.24) is 14.9 Å². The number of aliphatic hydroxyl groups is 2. The smallest absolute Gasteiger partial charge is 0.136 e. The summed E-state index contributed by atoms with van der Waals surface area (Å²) in [6.07, 6.45) is 1.07. The van der Waals surface area contributed by atoms with Gasteiger partial charge in [0, 0.05) is 35.7 Å². The monoisotopic (exact) mass is 289 g/mol. The average molecular weight is 289 g/mol. The van der Waals surface area contributed by atoms with Gasteiger partial charge in [0.1, 0.15) is 5.82 Å². The highest BCUT2D eigenvalue weighted by atomic mass is 16.3. The zero-order valence-corrected chi connectivity index (χ0v) is 12.7. The minimum absolute atomic E-state index is 0.0305. The Morgan fingerprint density at radius 3 is 2.38 bits per heavy atom. The van der Waals surface area contributed by atoms with Crippen LogP contribution in [0, 0.1) is 13.8 Å². The molecule has 0 aliphatic carbocycles. The molecule has 2 atom stereocenters. The number of nitrogens with zero attached hydrogens (tertiary/aromatic N) is 2. The highest BCUT2D eigenvalue weighted by Gasteiger charge is 2.11. The summed E-state index contributed by atoms with van der Waals surface area (Å²) in [7, 11) is 0. The Hall–Kier alpha value is -1.69. The lowest BCUT2D eigenvalue weighted by Gasteiger charge is -2.16. The fourth-order valence-electron chi connectivity index (χ4n) is 2.25. The molecule has 2 heterocycles. The van der Waals surface area contributed by atoms with E-state index in [-0.39, 0.29) is 12.6 Å². The summed E-state index contributed by atoms with van der Waals surface area (Å²) in [5.41, 5.74) is 3.03. The van der Waals surface area contributed by atoms with Crippen molar-refractivity contribution in [3.63, 3.8) is 0 Å². The van der Waals surface area contributed by atoms with E-state index in [1.807, 2.05) is 32.9 Å². The van der Waals surface area contributed by atoms with E-state index < -0.39 is 6.10 Å². The molecule has 5 nitrogen and oxygen atoms in total. The summed E-state index contributed by atoms with van der Waals surface area (Å²) in [4.78, 5) is 4.44. The number of aliphatic hydroxyl groups excluding tert-OH is 2. The van der Waals surface area contributed by atoms with Gasteiger partial charge in [0.2, 0.25) is 0 Å². The van der Waals surface area contributed by atoms with Crippen LogP contribution in [-0.2, 0) is 0 Å². The lowest BCUT2D eigenvalue weighted by atomic mass is 10.1. The first-order valence-electron chi connectivity index (χ1n) is 7.16. The molecule has 0 aromatic carbocycles. The van der Waals surface area contributed by atoms with E-state index in [1.54, 1.807) is 6.20 Å². The fraction of sp³-hybridized carbons (Fsp3) is 0.438. The number of hydrogen-bond acceptors (Lipinski definition) is 4. The molecule has 2 aromatic heterocycles. The van der Waals surface area contributed by atoms with E-state index in [9.17, 15) is 5.11 Å². The predicted molar refractivity (Wildman–Crippen MR) is 82.5 cm³/mol. The van der Waals surface area contributed by atoms with Gasteiger partial charge in [-0.15, -0.1) is 0 Å². The van der Waals surface area contributed by atoms with Gasteiger partial charge < -0.3 is 20.1 Å². The highest BCUT2D eigenvalue weighted by molar-refractivity contribution is 5.33. The molecule has 0 bridgehead atoms. The lowest BCUT2D eigenvalue weighted by molar-refractivity contribution is 0.161. The van der Waals surface area contributed by atoms with Gasteiger partial charge in [-0.1, -0.05) is 6.07 Å². The fourth-order valence-corrected chi connectivity index (χ4v) is 2.25. The van der Waals surface area contributed by atoms with Crippen LogP contribution in [0.4, 0.5) is 0 Å². The van der Waals surface area contributed by atoms with Crippen LogP contribution in [-0.4, -0.2) is 39.0 Å². The molecule has 0 amide bonds. The normalized spacial score (nSPS) is 14.1. The first-order chi connectivity index (χ1) is 10.0. The van der Waals surface area contributed by atoms with Gasteiger partial charge in [-0.2, -0.15) is 0 Å². The summed E-state index contributed by atoms with van der Waals surface area (Å²) in [5, 5.41) is 22.1. The van der Waals surface area contributed by atoms with Crippen molar-refractivity contribution in [1.29, 1.82) is 0 Å². The van der Waals surface area contributed by atoms with Gasteiger partial charge in [-0.25, -0.2) is 4.98 Å². The Morgan fingerprint density at radius 2 is 1.86 bits per heavy atom. The summed E-state index contributed by atoms with van der Waals surface area (Å²) < 4.78 is 2.07. The second kappa shape index (κ2) is 6.85. The molecule has 5 heteroatoms. The van der Waals surface area contributed by atoms with Crippen molar-refractivity contribution < 1.29 is 10.2 Å². The standard InChI is InChI=1S/C16H23N3O2/c1-11(10-20)17-9-15(21)14-6-7-16(18-8-14)19-12(2)4-5-13(19)3/h4-8,11,15,17,20-21H,9-10H2,1-3H3/t11-,15+/m1/s1. The second-order valence-corrected chi connectivity index (χ2v) is 5.41. The van der Waals surface area contributed by atoms with Crippen LogP contribution in [0.5, 0.6) is 0 Å². The Labute approximate surface area is 125 Å². The van der Waals surface area contributed by atoms with Gasteiger partial charge in [0.25, 0.3) is 0 Å². The van der Waals surface area contributed by atoms with Crippen LogP contribution in [0.15, 0.2) is 30.5 Å². The number of nitrogens with one attached hydrogen (secondary N) is 1. The molecule has 2 rings (SSSR count). The third-order valence-corrected chi connectivity index (χ3v) is 3.59. The predicted octanol–water partition coefficient (Wildman–Crippen LogP) is 1.49. The average Bonchev–Trinajstić information content (AvgIpc) is 2.83. The first-order valence-corrected chi connectivity index (χ1v) is 7.16. The summed E-state index contributed by atoms with van der Waals surface area (Å²) in [5.74, 6) is 0.850. The first kappa shape index (κ1) is 15.7. The van der Waals surface area contributed by atoms with Gasteiger partial charge in [-0.3, -0.25) is 0 Å². The molecule has 2 aromatic rings. The topological polar surface area (TPSA) is 70.3 Å². The SMILES string of the molecule is Cc1ccc(C)n1-c1ccc([C@@H](O)CN[C@H](C)CO)cn1. The Kier molecular flexibility index (Phi) is 5.12. The highest BCUT2D eigenvalue weighted by Crippen LogP contribution is 2.17. The van der Waals surface area contributed by atoms with Crippen LogP contribution in [0.2, 0.25) is 0 Å². The van der Waals surface area contributed by atoms with Gasteiger partial charge in [0.05, 0.1) is 12.7 Å². The zero-order chi connectivity index (χ0) is 15.4. The van der Waals surface area contributed by atoms with Crippen molar-refractivity contribution in [3.8, 4) is 5.82 Å². The third kappa shape index (κ3) is 3.69. The maximum absolute atomic E-state index is 10.1. The van der Waals surface area contributed by atoms with Gasteiger partial charge in [0.15, 0.2) is 0 Å². The number of aryl methyl sites for hydroxylation is 2. The molecular formula is C16H23N3O2. The van der Waals surface area contributed by atoms with E-state index in [1.165, 1.54) is 0 Å². The summed E-state index contributed by atoms with van der Waals surface area (Å²) in [6, 6.07) is 7.88. The van der Waals surface area contributed by atoms with Gasteiger partial charge >= 0.3 is 0 Å². The number of hydrogen-bond donors (Lipinski definition) is 3. The molecule has 0 saturated heterocycles. The molecule has 0 saturated carbocycles. The third-order valence-electron chi connectivity index (χ3n) is 3.59.